The molecule has 27 heavy (non-hydrogen) atoms. The normalized spacial score (nSPS) is 17.1. The van der Waals surface area contributed by atoms with Crippen LogP contribution in [0.25, 0.3) is 0 Å². The molecular formula is C21H23NO4S. The topological polar surface area (TPSA) is 66.8 Å². The molecule has 1 aromatic carbocycles. The summed E-state index contributed by atoms with van der Waals surface area (Å²) in [6.07, 6.45) is 0.653. The van der Waals surface area contributed by atoms with Crippen LogP contribution < -0.4 is 4.74 Å². The molecule has 1 aromatic heterocycles. The van der Waals surface area contributed by atoms with E-state index in [9.17, 15) is 14.7 Å². The Bertz CT molecular complexity index is 870. The fourth-order valence-electron chi connectivity index (χ4n) is 3.29. The maximum atomic E-state index is 13.1. The van der Waals surface area contributed by atoms with Crippen LogP contribution in [0.1, 0.15) is 48.5 Å². The minimum Gasteiger partial charge on any atom is -0.503 e. The van der Waals surface area contributed by atoms with Crippen molar-refractivity contribution in [2.45, 2.75) is 39.3 Å². The van der Waals surface area contributed by atoms with Crippen molar-refractivity contribution in [1.29, 1.82) is 0 Å². The summed E-state index contributed by atoms with van der Waals surface area (Å²) in [5.41, 5.74) is 0.827. The number of nitrogens with zero attached hydrogens (tertiary/aromatic N) is 1. The van der Waals surface area contributed by atoms with Crippen LogP contribution in [-0.4, -0.2) is 34.3 Å². The van der Waals surface area contributed by atoms with Gasteiger partial charge in [-0.3, -0.25) is 9.59 Å². The molecule has 1 aliphatic heterocycles. The van der Waals surface area contributed by atoms with Crippen LogP contribution >= 0.6 is 11.3 Å². The first-order valence-electron chi connectivity index (χ1n) is 9.03. The van der Waals surface area contributed by atoms with Crippen LogP contribution in [0.5, 0.6) is 5.75 Å². The van der Waals surface area contributed by atoms with Gasteiger partial charge in [-0.25, -0.2) is 0 Å². The van der Waals surface area contributed by atoms with E-state index in [-0.39, 0.29) is 17.5 Å². The van der Waals surface area contributed by atoms with E-state index < -0.39 is 17.7 Å². The van der Waals surface area contributed by atoms with Gasteiger partial charge < -0.3 is 14.7 Å². The summed E-state index contributed by atoms with van der Waals surface area (Å²) in [4.78, 5) is 27.9. The third-order valence-electron chi connectivity index (χ3n) is 4.33. The molecule has 2 heterocycles. The third-order valence-corrected chi connectivity index (χ3v) is 5.20. The first-order valence-corrected chi connectivity index (χ1v) is 9.91. The Morgan fingerprint density at radius 1 is 1.26 bits per heavy atom. The number of Topliss-reactive ketones (excluding diaryl/α,β-unsaturated/α-hetero) is 1. The summed E-state index contributed by atoms with van der Waals surface area (Å²) < 4.78 is 5.92. The molecule has 0 fully saturated rings. The van der Waals surface area contributed by atoms with E-state index in [2.05, 4.69) is 0 Å². The molecule has 0 aliphatic carbocycles. The zero-order chi connectivity index (χ0) is 19.6. The molecule has 2 aromatic rings. The van der Waals surface area contributed by atoms with Gasteiger partial charge in [0.25, 0.3) is 5.91 Å². The Labute approximate surface area is 162 Å². The lowest BCUT2D eigenvalue weighted by Crippen LogP contribution is -2.32. The van der Waals surface area contributed by atoms with Gasteiger partial charge in [-0.15, -0.1) is 11.3 Å². The van der Waals surface area contributed by atoms with Gasteiger partial charge in [0, 0.05) is 12.1 Å². The van der Waals surface area contributed by atoms with Gasteiger partial charge in [0.2, 0.25) is 5.78 Å². The van der Waals surface area contributed by atoms with Crippen LogP contribution in [0.4, 0.5) is 0 Å². The van der Waals surface area contributed by atoms with Gasteiger partial charge in [0.15, 0.2) is 5.76 Å². The molecular weight excluding hydrogens is 362 g/mol. The highest BCUT2D eigenvalue weighted by molar-refractivity contribution is 7.12. The first kappa shape index (κ1) is 19.2. The number of carbonyl (C=O) groups is 2. The van der Waals surface area contributed by atoms with Crippen molar-refractivity contribution in [3.8, 4) is 5.75 Å². The number of aliphatic hydroxyl groups excluding tert-OH is 1. The van der Waals surface area contributed by atoms with Crippen molar-refractivity contribution in [3.05, 3.63) is 63.6 Å². The van der Waals surface area contributed by atoms with Gasteiger partial charge in [-0.1, -0.05) is 31.2 Å². The lowest BCUT2D eigenvalue weighted by Gasteiger charge is -2.28. The summed E-state index contributed by atoms with van der Waals surface area (Å²) in [6, 6.07) is 10.2. The molecule has 0 bridgehead atoms. The number of hydrogen-bond acceptors (Lipinski definition) is 5. The number of benzene rings is 1. The maximum absolute atomic E-state index is 13.1. The Hall–Kier alpha value is -2.60. The molecule has 0 saturated heterocycles. The van der Waals surface area contributed by atoms with E-state index in [0.29, 0.717) is 29.2 Å². The maximum Gasteiger partial charge on any atom is 0.290 e. The number of para-hydroxylation sites is 1. The quantitative estimate of drug-likeness (QED) is 0.712. The second-order valence-corrected chi connectivity index (χ2v) is 7.62. The lowest BCUT2D eigenvalue weighted by molar-refractivity contribution is -0.129. The number of hydrogen-bond donors (Lipinski definition) is 1. The number of aliphatic hydroxyl groups is 1. The van der Waals surface area contributed by atoms with Crippen LogP contribution in [-0.2, 0) is 4.79 Å². The van der Waals surface area contributed by atoms with E-state index in [1.165, 1.54) is 11.3 Å². The summed E-state index contributed by atoms with van der Waals surface area (Å²) in [7, 11) is 0. The predicted molar refractivity (Wildman–Crippen MR) is 105 cm³/mol. The number of carbonyl (C=O) groups excluding carboxylic acids is 2. The summed E-state index contributed by atoms with van der Waals surface area (Å²) in [5.74, 6) is -0.691. The minimum atomic E-state index is -0.665. The van der Waals surface area contributed by atoms with Crippen LogP contribution in [0.15, 0.2) is 53.1 Å². The molecule has 142 valence electrons. The van der Waals surface area contributed by atoms with Gasteiger partial charge in [-0.05, 0) is 37.8 Å². The second-order valence-electron chi connectivity index (χ2n) is 6.67. The summed E-state index contributed by atoms with van der Waals surface area (Å²) >= 11 is 1.29. The standard InChI is InChI=1S/C21H23NO4S/c1-4-11-22-18(14-8-5-6-9-15(14)26-13(2)3)17(20(24)21(22)25)19(23)16-10-7-12-27-16/h5-10,12-13,18,24H,4,11H2,1-3H3. The number of ketones is 1. The Kier molecular flexibility index (Phi) is 5.65. The molecule has 5 nitrogen and oxygen atoms in total. The molecule has 1 amide bonds. The zero-order valence-electron chi connectivity index (χ0n) is 15.6. The predicted octanol–water partition coefficient (Wildman–Crippen LogP) is 4.52. The van der Waals surface area contributed by atoms with Gasteiger partial charge >= 0.3 is 0 Å². The Balaban J connectivity index is 2.14. The van der Waals surface area contributed by atoms with Crippen LogP contribution in [0.2, 0.25) is 0 Å². The first-order chi connectivity index (χ1) is 13.0. The molecule has 1 N–H and O–H groups in total. The van der Waals surface area contributed by atoms with Gasteiger partial charge in [-0.2, -0.15) is 0 Å². The van der Waals surface area contributed by atoms with Gasteiger partial charge in [0.1, 0.15) is 5.75 Å². The fraction of sp³-hybridized carbons (Fsp3) is 0.333. The highest BCUT2D eigenvalue weighted by atomic mass is 32.1. The Morgan fingerprint density at radius 2 is 2.00 bits per heavy atom. The zero-order valence-corrected chi connectivity index (χ0v) is 16.5. The van der Waals surface area contributed by atoms with E-state index in [4.69, 9.17) is 4.74 Å². The Morgan fingerprint density at radius 3 is 2.63 bits per heavy atom. The van der Waals surface area contributed by atoms with Crippen LogP contribution in [0.3, 0.4) is 0 Å². The number of ether oxygens (including phenoxy) is 1. The molecule has 0 radical (unpaired) electrons. The minimum absolute atomic E-state index is 0.0584. The van der Waals surface area contributed by atoms with Crippen molar-refractivity contribution in [1.82, 2.24) is 4.90 Å². The SMILES string of the molecule is CCCN1C(=O)C(O)=C(C(=O)c2cccs2)C1c1ccccc1OC(C)C. The van der Waals surface area contributed by atoms with Crippen molar-refractivity contribution in [3.63, 3.8) is 0 Å². The van der Waals surface area contributed by atoms with Crippen molar-refractivity contribution >= 4 is 23.0 Å². The number of amides is 1. The molecule has 1 atom stereocenters. The summed E-state index contributed by atoms with van der Waals surface area (Å²) in [6.45, 7) is 6.23. The lowest BCUT2D eigenvalue weighted by atomic mass is 9.94. The van der Waals surface area contributed by atoms with E-state index in [0.717, 1.165) is 0 Å². The van der Waals surface area contributed by atoms with Crippen LogP contribution in [0, 0.1) is 0 Å². The van der Waals surface area contributed by atoms with Crippen molar-refractivity contribution < 1.29 is 19.4 Å². The van der Waals surface area contributed by atoms with E-state index in [1.807, 2.05) is 45.0 Å². The monoisotopic (exact) mass is 385 g/mol. The third kappa shape index (κ3) is 3.62. The van der Waals surface area contributed by atoms with Crippen molar-refractivity contribution in [2.24, 2.45) is 0 Å². The highest BCUT2D eigenvalue weighted by Crippen LogP contribution is 2.42. The highest BCUT2D eigenvalue weighted by Gasteiger charge is 2.44. The van der Waals surface area contributed by atoms with E-state index in [1.54, 1.807) is 22.4 Å². The van der Waals surface area contributed by atoms with Gasteiger partial charge in [0.05, 0.1) is 22.6 Å². The smallest absolute Gasteiger partial charge is 0.290 e. The molecule has 3 rings (SSSR count). The largest absolute Gasteiger partial charge is 0.503 e. The fourth-order valence-corrected chi connectivity index (χ4v) is 3.97. The molecule has 0 spiro atoms. The van der Waals surface area contributed by atoms with E-state index >= 15 is 0 Å². The molecule has 1 unspecified atom stereocenters. The number of rotatable bonds is 7. The van der Waals surface area contributed by atoms with Crippen molar-refractivity contribution in [2.75, 3.05) is 6.54 Å². The average Bonchev–Trinajstić information content (AvgIpc) is 3.25. The average molecular weight is 385 g/mol. The summed E-state index contributed by atoms with van der Waals surface area (Å²) in [5, 5.41) is 12.4. The number of thiophene rings is 1. The molecule has 1 aliphatic rings. The second kappa shape index (κ2) is 7.96. The molecule has 6 heteroatoms. The molecule has 0 saturated carbocycles.